The number of anilines is 2. The first kappa shape index (κ1) is 14.7. The SMILES string of the molecule is CN(C)C(=O)c1ccc(N)cc1NC1CC(O)C1(C)C. The van der Waals surface area contributed by atoms with E-state index in [0.29, 0.717) is 17.7 Å². The molecular weight excluding hydrogens is 254 g/mol. The molecule has 110 valence electrons. The summed E-state index contributed by atoms with van der Waals surface area (Å²) in [5.41, 5.74) is 7.55. The van der Waals surface area contributed by atoms with E-state index in [1.165, 1.54) is 4.90 Å². The van der Waals surface area contributed by atoms with E-state index in [-0.39, 0.29) is 23.5 Å². The van der Waals surface area contributed by atoms with E-state index >= 15 is 0 Å². The molecule has 0 spiro atoms. The highest BCUT2D eigenvalue weighted by Gasteiger charge is 2.47. The van der Waals surface area contributed by atoms with Crippen LogP contribution in [0.25, 0.3) is 0 Å². The molecule has 2 unspecified atom stereocenters. The molecular formula is C15H23N3O2. The Morgan fingerprint density at radius 3 is 2.60 bits per heavy atom. The van der Waals surface area contributed by atoms with E-state index in [1.54, 1.807) is 32.3 Å². The molecule has 0 aliphatic heterocycles. The van der Waals surface area contributed by atoms with Gasteiger partial charge in [-0.25, -0.2) is 0 Å². The molecule has 1 aliphatic carbocycles. The van der Waals surface area contributed by atoms with Crippen LogP contribution in [0, 0.1) is 5.41 Å². The lowest BCUT2D eigenvalue weighted by Gasteiger charge is -2.50. The monoisotopic (exact) mass is 277 g/mol. The lowest BCUT2D eigenvalue weighted by molar-refractivity contribution is -0.0510. The second-order valence-electron chi connectivity index (χ2n) is 6.27. The van der Waals surface area contributed by atoms with Crippen molar-refractivity contribution < 1.29 is 9.90 Å². The molecule has 0 heterocycles. The molecule has 5 nitrogen and oxygen atoms in total. The van der Waals surface area contributed by atoms with Gasteiger partial charge in [-0.2, -0.15) is 0 Å². The first-order valence-corrected chi connectivity index (χ1v) is 6.79. The molecule has 0 radical (unpaired) electrons. The number of nitrogens with one attached hydrogen (secondary N) is 1. The summed E-state index contributed by atoms with van der Waals surface area (Å²) in [6, 6.07) is 5.37. The second kappa shape index (κ2) is 4.98. The topological polar surface area (TPSA) is 78.6 Å². The first-order chi connectivity index (χ1) is 9.23. The second-order valence-corrected chi connectivity index (χ2v) is 6.27. The Hall–Kier alpha value is -1.75. The molecule has 5 heteroatoms. The highest BCUT2D eigenvalue weighted by Crippen LogP contribution is 2.42. The fourth-order valence-electron chi connectivity index (χ4n) is 2.44. The van der Waals surface area contributed by atoms with E-state index in [2.05, 4.69) is 5.32 Å². The van der Waals surface area contributed by atoms with Gasteiger partial charge in [-0.05, 0) is 24.6 Å². The van der Waals surface area contributed by atoms with Crippen molar-refractivity contribution in [1.29, 1.82) is 0 Å². The van der Waals surface area contributed by atoms with Crippen LogP contribution in [0.15, 0.2) is 18.2 Å². The number of nitrogens with two attached hydrogens (primary N) is 1. The number of hydrogen-bond donors (Lipinski definition) is 3. The van der Waals surface area contributed by atoms with Crippen molar-refractivity contribution in [1.82, 2.24) is 4.90 Å². The summed E-state index contributed by atoms with van der Waals surface area (Å²) in [6.07, 6.45) is 0.367. The van der Waals surface area contributed by atoms with Gasteiger partial charge in [0.05, 0.1) is 11.7 Å². The van der Waals surface area contributed by atoms with Gasteiger partial charge < -0.3 is 21.1 Å². The fraction of sp³-hybridized carbons (Fsp3) is 0.533. The van der Waals surface area contributed by atoms with Crippen LogP contribution in [0.1, 0.15) is 30.6 Å². The lowest BCUT2D eigenvalue weighted by Crippen LogP contribution is -2.57. The van der Waals surface area contributed by atoms with Crippen LogP contribution >= 0.6 is 0 Å². The van der Waals surface area contributed by atoms with Crippen molar-refractivity contribution in [2.24, 2.45) is 5.41 Å². The van der Waals surface area contributed by atoms with Crippen molar-refractivity contribution in [3.05, 3.63) is 23.8 Å². The van der Waals surface area contributed by atoms with E-state index in [0.717, 1.165) is 5.69 Å². The van der Waals surface area contributed by atoms with Gasteiger partial charge in [0.2, 0.25) is 0 Å². The highest BCUT2D eigenvalue weighted by molar-refractivity contribution is 6.00. The number of rotatable bonds is 3. The van der Waals surface area contributed by atoms with Gasteiger partial charge in [-0.3, -0.25) is 4.79 Å². The molecule has 20 heavy (non-hydrogen) atoms. The number of aliphatic hydroxyl groups is 1. The third-order valence-electron chi connectivity index (χ3n) is 4.23. The normalized spacial score (nSPS) is 23.9. The van der Waals surface area contributed by atoms with Crippen LogP contribution in [0.5, 0.6) is 0 Å². The van der Waals surface area contributed by atoms with Crippen molar-refractivity contribution in [3.8, 4) is 0 Å². The molecule has 1 aromatic rings. The summed E-state index contributed by atoms with van der Waals surface area (Å²) in [7, 11) is 3.44. The average molecular weight is 277 g/mol. The standard InChI is InChI=1S/C15H23N3O2/c1-15(2)12(8-13(15)19)17-11-7-9(16)5-6-10(11)14(20)18(3)4/h5-7,12-13,17,19H,8,16H2,1-4H3. The Labute approximate surface area is 119 Å². The molecule has 1 fully saturated rings. The maximum absolute atomic E-state index is 12.2. The van der Waals surface area contributed by atoms with Gasteiger partial charge in [0, 0.05) is 36.9 Å². The fourth-order valence-corrected chi connectivity index (χ4v) is 2.44. The molecule has 1 aromatic carbocycles. The number of carbonyl (C=O) groups excluding carboxylic acids is 1. The number of carbonyl (C=O) groups is 1. The minimum atomic E-state index is -0.311. The Kier molecular flexibility index (Phi) is 3.65. The molecule has 2 atom stereocenters. The zero-order valence-corrected chi connectivity index (χ0v) is 12.5. The van der Waals surface area contributed by atoms with Gasteiger partial charge in [0.15, 0.2) is 0 Å². The third-order valence-corrected chi connectivity index (χ3v) is 4.23. The smallest absolute Gasteiger partial charge is 0.255 e. The molecule has 2 rings (SSSR count). The summed E-state index contributed by atoms with van der Waals surface area (Å²) in [6.45, 7) is 4.02. The number of amides is 1. The third kappa shape index (κ3) is 2.45. The lowest BCUT2D eigenvalue weighted by atomic mass is 9.64. The summed E-state index contributed by atoms with van der Waals surface area (Å²) >= 11 is 0. The van der Waals surface area contributed by atoms with Crippen LogP contribution in [-0.4, -0.2) is 42.2 Å². The van der Waals surface area contributed by atoms with Crippen molar-refractivity contribution in [3.63, 3.8) is 0 Å². The largest absolute Gasteiger partial charge is 0.399 e. The van der Waals surface area contributed by atoms with E-state index in [4.69, 9.17) is 5.73 Å². The van der Waals surface area contributed by atoms with Crippen LogP contribution in [0.4, 0.5) is 11.4 Å². The molecule has 0 aromatic heterocycles. The maximum atomic E-state index is 12.2. The van der Waals surface area contributed by atoms with E-state index in [1.807, 2.05) is 13.8 Å². The minimum Gasteiger partial charge on any atom is -0.399 e. The number of aliphatic hydroxyl groups excluding tert-OH is 1. The van der Waals surface area contributed by atoms with Gasteiger partial charge in [-0.1, -0.05) is 13.8 Å². The quantitative estimate of drug-likeness (QED) is 0.732. The van der Waals surface area contributed by atoms with Gasteiger partial charge in [-0.15, -0.1) is 0 Å². The van der Waals surface area contributed by atoms with E-state index < -0.39 is 0 Å². The molecule has 1 saturated carbocycles. The van der Waals surface area contributed by atoms with Gasteiger partial charge in [0.1, 0.15) is 0 Å². The van der Waals surface area contributed by atoms with E-state index in [9.17, 15) is 9.90 Å². The zero-order valence-electron chi connectivity index (χ0n) is 12.5. The number of hydrogen-bond acceptors (Lipinski definition) is 4. The minimum absolute atomic E-state index is 0.0646. The predicted molar refractivity (Wildman–Crippen MR) is 80.7 cm³/mol. The number of nitrogen functional groups attached to an aromatic ring is 1. The Morgan fingerprint density at radius 1 is 1.45 bits per heavy atom. The Morgan fingerprint density at radius 2 is 2.10 bits per heavy atom. The molecule has 1 aliphatic rings. The summed E-state index contributed by atoms with van der Waals surface area (Å²) in [5, 5.41) is 13.2. The van der Waals surface area contributed by atoms with Crippen molar-refractivity contribution >= 4 is 17.3 Å². The first-order valence-electron chi connectivity index (χ1n) is 6.79. The molecule has 4 N–H and O–H groups in total. The van der Waals surface area contributed by atoms with Crippen molar-refractivity contribution in [2.45, 2.75) is 32.4 Å². The Bertz CT molecular complexity index is 526. The van der Waals surface area contributed by atoms with Gasteiger partial charge >= 0.3 is 0 Å². The van der Waals surface area contributed by atoms with Crippen molar-refractivity contribution in [2.75, 3.05) is 25.1 Å². The highest BCUT2D eigenvalue weighted by atomic mass is 16.3. The van der Waals surface area contributed by atoms with Crippen LogP contribution in [-0.2, 0) is 0 Å². The predicted octanol–water partition coefficient (Wildman–Crippen LogP) is 1.54. The molecule has 0 bridgehead atoms. The Balaban J connectivity index is 2.27. The maximum Gasteiger partial charge on any atom is 0.255 e. The number of nitrogens with zero attached hydrogens (tertiary/aromatic N) is 1. The summed E-state index contributed by atoms with van der Waals surface area (Å²) < 4.78 is 0. The van der Waals surface area contributed by atoms with Crippen LogP contribution in [0.3, 0.4) is 0 Å². The number of benzene rings is 1. The molecule has 1 amide bonds. The summed E-state index contributed by atoms with van der Waals surface area (Å²) in [5.74, 6) is -0.0646. The molecule has 0 saturated heterocycles. The van der Waals surface area contributed by atoms with Gasteiger partial charge in [0.25, 0.3) is 5.91 Å². The average Bonchev–Trinajstić information content (AvgIpc) is 2.37. The van der Waals surface area contributed by atoms with Crippen LogP contribution < -0.4 is 11.1 Å². The van der Waals surface area contributed by atoms with Crippen LogP contribution in [0.2, 0.25) is 0 Å². The zero-order chi connectivity index (χ0) is 15.1. The summed E-state index contributed by atoms with van der Waals surface area (Å²) in [4.78, 5) is 13.7.